The highest BCUT2D eigenvalue weighted by atomic mass is 79.9. The number of halogens is 2. The van der Waals surface area contributed by atoms with Crippen molar-refractivity contribution in [3.05, 3.63) is 70.4 Å². The van der Waals surface area contributed by atoms with E-state index in [1.807, 2.05) is 0 Å². The van der Waals surface area contributed by atoms with E-state index in [4.69, 9.17) is 13.9 Å². The maximum atomic E-state index is 14.1. The number of carbonyl (C=O) groups is 3. The fourth-order valence-electron chi connectivity index (χ4n) is 3.16. The Hall–Kier alpha value is -3.18. The van der Waals surface area contributed by atoms with Crippen LogP contribution in [0.1, 0.15) is 30.2 Å². The molecule has 0 saturated carbocycles. The third-order valence-electron chi connectivity index (χ3n) is 4.78. The second-order valence-electron chi connectivity index (χ2n) is 7.27. The maximum absolute atomic E-state index is 14.1. The lowest BCUT2D eigenvalue weighted by atomic mass is 10.0. The number of hydrogen-bond acceptors (Lipinski definition) is 7. The van der Waals surface area contributed by atoms with Gasteiger partial charge in [0.15, 0.2) is 0 Å². The average molecular weight is 555 g/mol. The zero-order chi connectivity index (χ0) is 25.6. The van der Waals surface area contributed by atoms with E-state index in [9.17, 15) is 18.8 Å². The molecular weight excluding hydrogens is 527 g/mol. The first-order valence-corrected chi connectivity index (χ1v) is 11.6. The number of ether oxygens (including phenoxy) is 3. The van der Waals surface area contributed by atoms with Crippen LogP contribution in [0, 0.1) is 5.82 Å². The Bertz CT molecular complexity index is 998. The quantitative estimate of drug-likeness (QED) is 0.225. The molecule has 1 N–H and O–H groups in total. The van der Waals surface area contributed by atoms with Crippen molar-refractivity contribution in [1.82, 2.24) is 10.2 Å². The summed E-state index contributed by atoms with van der Waals surface area (Å²) in [5, 5.41) is 2.82. The van der Waals surface area contributed by atoms with Crippen molar-refractivity contribution in [2.75, 3.05) is 34.0 Å². The standard InChI is InChI=1S/C24H28BrFN2O7/c1-32-16-21(29)28(15-18-8-7-13-34-18)22(19-14-17(26)9-10-20(19)25)23(30)27-11-5-3-4-6-12-35-24(31)33-2/h4,6-10,13-14,22H,3,5,11-12,15-16H2,1-2H3,(H,27,30)/b6-4+. The van der Waals surface area contributed by atoms with Crippen molar-refractivity contribution in [2.45, 2.75) is 25.4 Å². The molecule has 11 heteroatoms. The molecule has 0 spiro atoms. The minimum absolute atomic E-state index is 0.0147. The average Bonchev–Trinajstić information content (AvgIpc) is 3.35. The van der Waals surface area contributed by atoms with Gasteiger partial charge in [-0.1, -0.05) is 28.1 Å². The van der Waals surface area contributed by atoms with Crippen LogP contribution < -0.4 is 5.32 Å². The molecule has 0 fully saturated rings. The third-order valence-corrected chi connectivity index (χ3v) is 5.51. The first-order valence-electron chi connectivity index (χ1n) is 10.8. The largest absolute Gasteiger partial charge is 0.508 e. The van der Waals surface area contributed by atoms with Gasteiger partial charge in [0.25, 0.3) is 0 Å². The number of amides is 2. The third kappa shape index (κ3) is 9.18. The number of carbonyl (C=O) groups excluding carboxylic acids is 3. The van der Waals surface area contributed by atoms with Crippen molar-refractivity contribution < 1.29 is 37.4 Å². The molecule has 2 rings (SSSR count). The van der Waals surface area contributed by atoms with Crippen LogP contribution in [0.4, 0.5) is 9.18 Å². The summed E-state index contributed by atoms with van der Waals surface area (Å²) in [4.78, 5) is 38.5. The van der Waals surface area contributed by atoms with Gasteiger partial charge in [0.2, 0.25) is 11.8 Å². The lowest BCUT2D eigenvalue weighted by molar-refractivity contribution is -0.144. The number of unbranched alkanes of at least 4 members (excludes halogenated alkanes) is 1. The molecule has 0 radical (unpaired) electrons. The first-order chi connectivity index (χ1) is 16.9. The molecule has 9 nitrogen and oxygen atoms in total. The van der Waals surface area contributed by atoms with Gasteiger partial charge in [0.1, 0.15) is 30.8 Å². The number of methoxy groups -OCH3 is 2. The molecule has 0 saturated heterocycles. The molecule has 0 aliphatic rings. The van der Waals surface area contributed by atoms with E-state index in [-0.39, 0.29) is 19.8 Å². The summed E-state index contributed by atoms with van der Waals surface area (Å²) in [6.45, 7) is 0.102. The highest BCUT2D eigenvalue weighted by molar-refractivity contribution is 9.10. The van der Waals surface area contributed by atoms with Crippen molar-refractivity contribution in [2.24, 2.45) is 0 Å². The van der Waals surface area contributed by atoms with Gasteiger partial charge in [0, 0.05) is 23.7 Å². The first kappa shape index (κ1) is 28.1. The van der Waals surface area contributed by atoms with Crippen LogP contribution in [0.5, 0.6) is 0 Å². The van der Waals surface area contributed by atoms with Crippen LogP contribution in [0.15, 0.2) is 57.6 Å². The zero-order valence-electron chi connectivity index (χ0n) is 19.5. The summed E-state index contributed by atoms with van der Waals surface area (Å²) in [6, 6.07) is 6.17. The van der Waals surface area contributed by atoms with Gasteiger partial charge < -0.3 is 28.8 Å². The van der Waals surface area contributed by atoms with Gasteiger partial charge >= 0.3 is 6.16 Å². The van der Waals surface area contributed by atoms with E-state index in [0.29, 0.717) is 35.2 Å². The van der Waals surface area contributed by atoms with Crippen molar-refractivity contribution in [1.29, 1.82) is 0 Å². The summed E-state index contributed by atoms with van der Waals surface area (Å²) < 4.78 is 34.1. The van der Waals surface area contributed by atoms with Gasteiger partial charge in [-0.3, -0.25) is 9.59 Å². The van der Waals surface area contributed by atoms with E-state index in [2.05, 4.69) is 26.0 Å². The van der Waals surface area contributed by atoms with E-state index in [1.165, 1.54) is 43.6 Å². The molecule has 1 aromatic heterocycles. The fourth-order valence-corrected chi connectivity index (χ4v) is 3.63. The Morgan fingerprint density at radius 3 is 2.71 bits per heavy atom. The molecule has 1 unspecified atom stereocenters. The smallest absolute Gasteiger partial charge is 0.467 e. The van der Waals surface area contributed by atoms with E-state index in [0.717, 1.165) is 0 Å². The van der Waals surface area contributed by atoms with Crippen LogP contribution in [0.25, 0.3) is 0 Å². The molecule has 1 aromatic carbocycles. The van der Waals surface area contributed by atoms with Crippen molar-refractivity contribution >= 4 is 33.9 Å². The molecule has 0 aliphatic heterocycles. The second-order valence-corrected chi connectivity index (χ2v) is 8.13. The second kappa shape index (κ2) is 14.9. The highest BCUT2D eigenvalue weighted by Crippen LogP contribution is 2.31. The molecule has 1 heterocycles. The summed E-state index contributed by atoms with van der Waals surface area (Å²) in [7, 11) is 2.60. The normalized spacial score (nSPS) is 11.8. The zero-order valence-corrected chi connectivity index (χ0v) is 21.1. The molecule has 190 valence electrons. The Morgan fingerprint density at radius 2 is 2.03 bits per heavy atom. The molecule has 2 aromatic rings. The number of nitrogens with one attached hydrogen (secondary N) is 1. The number of benzene rings is 1. The predicted octanol–water partition coefficient (Wildman–Crippen LogP) is 4.13. The van der Waals surface area contributed by atoms with Gasteiger partial charge in [-0.25, -0.2) is 9.18 Å². The minimum Gasteiger partial charge on any atom is -0.467 e. The molecule has 0 bridgehead atoms. The lowest BCUT2D eigenvalue weighted by Gasteiger charge is -2.31. The van der Waals surface area contributed by atoms with Crippen LogP contribution in [-0.4, -0.2) is 56.8 Å². The van der Waals surface area contributed by atoms with Gasteiger partial charge in [-0.05, 0) is 43.2 Å². The fraction of sp³-hybridized carbons (Fsp3) is 0.375. The molecule has 35 heavy (non-hydrogen) atoms. The van der Waals surface area contributed by atoms with Gasteiger partial charge in [-0.2, -0.15) is 0 Å². The summed E-state index contributed by atoms with van der Waals surface area (Å²) >= 11 is 3.37. The van der Waals surface area contributed by atoms with Gasteiger partial charge in [-0.15, -0.1) is 0 Å². The Balaban J connectivity index is 2.15. The molecule has 2 amide bonds. The number of allylic oxidation sites excluding steroid dienone is 1. The summed E-state index contributed by atoms with van der Waals surface area (Å²) in [5.74, 6) is -1.03. The molecular formula is C24H28BrFN2O7. The number of rotatable bonds is 13. The Morgan fingerprint density at radius 1 is 1.23 bits per heavy atom. The van der Waals surface area contributed by atoms with Crippen LogP contribution in [0.2, 0.25) is 0 Å². The van der Waals surface area contributed by atoms with E-state index < -0.39 is 29.8 Å². The lowest BCUT2D eigenvalue weighted by Crippen LogP contribution is -2.45. The van der Waals surface area contributed by atoms with Crippen LogP contribution in [-0.2, 0) is 30.3 Å². The molecule has 1 atom stereocenters. The van der Waals surface area contributed by atoms with Crippen LogP contribution in [0.3, 0.4) is 0 Å². The topological polar surface area (TPSA) is 107 Å². The number of furan rings is 1. The SMILES string of the molecule is COCC(=O)N(Cc1ccco1)C(C(=O)NCCC/C=C/COC(=O)OC)c1cc(F)ccc1Br. The minimum atomic E-state index is -1.14. The van der Waals surface area contributed by atoms with Crippen LogP contribution >= 0.6 is 15.9 Å². The Kier molecular flexibility index (Phi) is 12.0. The number of nitrogens with zero attached hydrogens (tertiary/aromatic N) is 1. The maximum Gasteiger partial charge on any atom is 0.508 e. The Labute approximate surface area is 211 Å². The molecule has 0 aliphatic carbocycles. The van der Waals surface area contributed by atoms with Crippen molar-refractivity contribution in [3.63, 3.8) is 0 Å². The van der Waals surface area contributed by atoms with E-state index in [1.54, 1.807) is 24.3 Å². The highest BCUT2D eigenvalue weighted by Gasteiger charge is 2.33. The van der Waals surface area contributed by atoms with Gasteiger partial charge in [0.05, 0.1) is 19.9 Å². The van der Waals surface area contributed by atoms with Crippen molar-refractivity contribution in [3.8, 4) is 0 Å². The number of hydrogen-bond donors (Lipinski definition) is 1. The predicted molar refractivity (Wildman–Crippen MR) is 128 cm³/mol. The summed E-state index contributed by atoms with van der Waals surface area (Å²) in [6.07, 6.45) is 5.37. The van der Waals surface area contributed by atoms with E-state index >= 15 is 0 Å². The summed E-state index contributed by atoms with van der Waals surface area (Å²) in [5.41, 5.74) is 0.290. The monoisotopic (exact) mass is 554 g/mol.